The molecular weight excluding hydrogens is 304 g/mol. The summed E-state index contributed by atoms with van der Waals surface area (Å²) in [6.07, 6.45) is 0. The first kappa shape index (κ1) is 16.7. The van der Waals surface area contributed by atoms with Crippen LogP contribution in [0.4, 0.5) is 8.78 Å². The minimum absolute atomic E-state index is 0.0329. The van der Waals surface area contributed by atoms with Crippen LogP contribution in [-0.4, -0.2) is 38.1 Å². The highest BCUT2D eigenvalue weighted by molar-refractivity contribution is 5.94. The average Bonchev–Trinajstić information content (AvgIpc) is 2.53. The second-order valence-electron chi connectivity index (χ2n) is 4.91. The lowest BCUT2D eigenvalue weighted by molar-refractivity contribution is 0.0772. The quantitative estimate of drug-likeness (QED) is 0.820. The molecule has 0 N–H and O–H groups in total. The van der Waals surface area contributed by atoms with Gasteiger partial charge < -0.3 is 14.4 Å². The number of likely N-dealkylation sites (N-methyl/N-ethyl adjacent to an activating group) is 1. The van der Waals surface area contributed by atoms with E-state index in [1.807, 2.05) is 0 Å². The van der Waals surface area contributed by atoms with Crippen molar-refractivity contribution in [3.05, 3.63) is 59.7 Å². The molecule has 0 bridgehead atoms. The lowest BCUT2D eigenvalue weighted by Crippen LogP contribution is -2.31. The maximum atomic E-state index is 13.1. The molecular formula is C17H17F2NO3. The highest BCUT2D eigenvalue weighted by atomic mass is 19.1. The van der Waals surface area contributed by atoms with Crippen molar-refractivity contribution in [2.75, 3.05) is 27.3 Å². The largest absolute Gasteiger partial charge is 0.497 e. The maximum absolute atomic E-state index is 13.1. The van der Waals surface area contributed by atoms with E-state index < -0.39 is 17.5 Å². The smallest absolute Gasteiger partial charge is 0.253 e. The Balaban J connectivity index is 1.88. The number of rotatable bonds is 6. The first-order chi connectivity index (χ1) is 11.0. The van der Waals surface area contributed by atoms with Crippen LogP contribution in [0.25, 0.3) is 0 Å². The maximum Gasteiger partial charge on any atom is 0.253 e. The molecule has 0 fully saturated rings. The molecule has 0 atom stereocenters. The summed E-state index contributed by atoms with van der Waals surface area (Å²) in [5.41, 5.74) is -0.0329. The summed E-state index contributed by atoms with van der Waals surface area (Å²) in [6.45, 7) is 0.537. The second kappa shape index (κ2) is 7.58. The fourth-order valence-electron chi connectivity index (χ4n) is 1.97. The molecule has 4 nitrogen and oxygen atoms in total. The Morgan fingerprint density at radius 2 is 1.61 bits per heavy atom. The third-order valence-corrected chi connectivity index (χ3v) is 3.21. The Morgan fingerprint density at radius 1 is 1.04 bits per heavy atom. The minimum atomic E-state index is -0.781. The topological polar surface area (TPSA) is 38.8 Å². The first-order valence-corrected chi connectivity index (χ1v) is 6.98. The van der Waals surface area contributed by atoms with Gasteiger partial charge in [0, 0.05) is 18.7 Å². The average molecular weight is 321 g/mol. The molecule has 0 radical (unpaired) electrons. The molecule has 0 aliphatic heterocycles. The number of ether oxygens (including phenoxy) is 2. The SMILES string of the molecule is COc1ccc(OCCN(C)C(=O)c2cc(F)cc(F)c2)cc1. The number of hydrogen-bond acceptors (Lipinski definition) is 3. The van der Waals surface area contributed by atoms with E-state index in [9.17, 15) is 13.6 Å². The monoisotopic (exact) mass is 321 g/mol. The molecule has 0 unspecified atom stereocenters. The molecule has 2 rings (SSSR count). The molecule has 2 aromatic carbocycles. The summed E-state index contributed by atoms with van der Waals surface area (Å²) in [7, 11) is 3.12. The van der Waals surface area contributed by atoms with E-state index in [1.165, 1.54) is 4.90 Å². The third-order valence-electron chi connectivity index (χ3n) is 3.21. The van der Waals surface area contributed by atoms with Crippen molar-refractivity contribution in [1.29, 1.82) is 0 Å². The van der Waals surface area contributed by atoms with Crippen LogP contribution in [0.5, 0.6) is 11.5 Å². The zero-order chi connectivity index (χ0) is 16.8. The van der Waals surface area contributed by atoms with Crippen LogP contribution in [0.2, 0.25) is 0 Å². The minimum Gasteiger partial charge on any atom is -0.497 e. The van der Waals surface area contributed by atoms with Gasteiger partial charge in [-0.1, -0.05) is 0 Å². The van der Waals surface area contributed by atoms with Crippen molar-refractivity contribution in [3.63, 3.8) is 0 Å². The molecule has 0 saturated carbocycles. The third kappa shape index (κ3) is 4.67. The van der Waals surface area contributed by atoms with E-state index in [4.69, 9.17) is 9.47 Å². The Kier molecular flexibility index (Phi) is 5.51. The van der Waals surface area contributed by atoms with Crippen LogP contribution in [0.3, 0.4) is 0 Å². The molecule has 0 aliphatic rings. The second-order valence-corrected chi connectivity index (χ2v) is 4.91. The summed E-state index contributed by atoms with van der Waals surface area (Å²) < 4.78 is 36.8. The normalized spacial score (nSPS) is 10.3. The van der Waals surface area contributed by atoms with Crippen molar-refractivity contribution >= 4 is 5.91 Å². The van der Waals surface area contributed by atoms with Gasteiger partial charge in [0.25, 0.3) is 5.91 Å². The van der Waals surface area contributed by atoms with Crippen molar-refractivity contribution in [2.24, 2.45) is 0 Å². The molecule has 0 aliphatic carbocycles. The molecule has 0 heterocycles. The van der Waals surface area contributed by atoms with Crippen LogP contribution in [-0.2, 0) is 0 Å². The summed E-state index contributed by atoms with van der Waals surface area (Å²) in [5, 5.41) is 0. The molecule has 0 aromatic heterocycles. The van der Waals surface area contributed by atoms with Gasteiger partial charge in [0.05, 0.1) is 13.7 Å². The van der Waals surface area contributed by atoms with Crippen LogP contribution >= 0.6 is 0 Å². The van der Waals surface area contributed by atoms with Gasteiger partial charge in [-0.15, -0.1) is 0 Å². The van der Waals surface area contributed by atoms with E-state index in [2.05, 4.69) is 0 Å². The van der Waals surface area contributed by atoms with Crippen LogP contribution in [0.1, 0.15) is 10.4 Å². The Bertz CT molecular complexity index is 654. The molecule has 1 amide bonds. The zero-order valence-electron chi connectivity index (χ0n) is 12.9. The first-order valence-electron chi connectivity index (χ1n) is 6.98. The number of nitrogens with zero attached hydrogens (tertiary/aromatic N) is 1. The highest BCUT2D eigenvalue weighted by Crippen LogP contribution is 2.17. The summed E-state index contributed by atoms with van der Waals surface area (Å²) in [5.74, 6) is -0.671. The molecule has 0 saturated heterocycles. The predicted octanol–water partition coefficient (Wildman–Crippen LogP) is 3.12. The van der Waals surface area contributed by atoms with Gasteiger partial charge in [-0.05, 0) is 36.4 Å². The molecule has 122 valence electrons. The van der Waals surface area contributed by atoms with E-state index in [1.54, 1.807) is 38.4 Å². The fraction of sp³-hybridized carbons (Fsp3) is 0.235. The summed E-state index contributed by atoms with van der Waals surface area (Å²) in [4.78, 5) is 13.4. The van der Waals surface area contributed by atoms with E-state index >= 15 is 0 Å². The lowest BCUT2D eigenvalue weighted by atomic mass is 10.2. The Morgan fingerprint density at radius 3 is 2.17 bits per heavy atom. The number of carbonyl (C=O) groups is 1. The van der Waals surface area contributed by atoms with Gasteiger partial charge in [0.1, 0.15) is 29.7 Å². The Labute approximate surface area is 133 Å². The molecule has 2 aromatic rings. The van der Waals surface area contributed by atoms with Crippen molar-refractivity contribution in [3.8, 4) is 11.5 Å². The van der Waals surface area contributed by atoms with E-state index in [-0.39, 0.29) is 18.7 Å². The van der Waals surface area contributed by atoms with Gasteiger partial charge in [0.2, 0.25) is 0 Å². The van der Waals surface area contributed by atoms with Crippen LogP contribution < -0.4 is 9.47 Å². The standard InChI is InChI=1S/C17H17F2NO3/c1-20(17(21)12-9-13(18)11-14(19)10-12)7-8-23-16-5-3-15(22-2)4-6-16/h3-6,9-11H,7-8H2,1-2H3. The number of hydrogen-bond donors (Lipinski definition) is 0. The predicted molar refractivity (Wildman–Crippen MR) is 81.8 cm³/mol. The van der Waals surface area contributed by atoms with Crippen molar-refractivity contribution in [2.45, 2.75) is 0 Å². The van der Waals surface area contributed by atoms with Gasteiger partial charge >= 0.3 is 0 Å². The fourth-order valence-corrected chi connectivity index (χ4v) is 1.97. The lowest BCUT2D eigenvalue weighted by Gasteiger charge is -2.17. The van der Waals surface area contributed by atoms with Crippen LogP contribution in [0.15, 0.2) is 42.5 Å². The van der Waals surface area contributed by atoms with Crippen LogP contribution in [0, 0.1) is 11.6 Å². The number of benzene rings is 2. The zero-order valence-corrected chi connectivity index (χ0v) is 12.9. The van der Waals surface area contributed by atoms with Gasteiger partial charge in [-0.25, -0.2) is 8.78 Å². The van der Waals surface area contributed by atoms with Gasteiger partial charge in [0.15, 0.2) is 0 Å². The number of amides is 1. The molecule has 23 heavy (non-hydrogen) atoms. The number of carbonyl (C=O) groups excluding carboxylic acids is 1. The number of halogens is 2. The number of methoxy groups -OCH3 is 1. The van der Waals surface area contributed by atoms with Gasteiger partial charge in [-0.2, -0.15) is 0 Å². The van der Waals surface area contributed by atoms with Crippen molar-refractivity contribution in [1.82, 2.24) is 4.90 Å². The van der Waals surface area contributed by atoms with Gasteiger partial charge in [-0.3, -0.25) is 4.79 Å². The summed E-state index contributed by atoms with van der Waals surface area (Å²) >= 11 is 0. The van der Waals surface area contributed by atoms with Crippen molar-refractivity contribution < 1.29 is 23.0 Å². The summed E-state index contributed by atoms with van der Waals surface area (Å²) in [6, 6.07) is 9.77. The van der Waals surface area contributed by atoms with E-state index in [0.717, 1.165) is 23.9 Å². The van der Waals surface area contributed by atoms with E-state index in [0.29, 0.717) is 5.75 Å². The Hall–Kier alpha value is -2.63. The molecule has 6 heteroatoms. The molecule has 0 spiro atoms. The highest BCUT2D eigenvalue weighted by Gasteiger charge is 2.14.